The van der Waals surface area contributed by atoms with Crippen LogP contribution in [-0.2, 0) is 16.8 Å². The maximum atomic E-state index is 12.1. The SMILES string of the molecule is COc1cc2c(cc1OC)C(O)(CNC(=O)CCOc1ccccc1)CC2. The third-order valence-electron chi connectivity index (χ3n) is 4.84. The predicted molar refractivity (Wildman–Crippen MR) is 101 cm³/mol. The van der Waals surface area contributed by atoms with E-state index in [1.807, 2.05) is 36.4 Å². The first-order valence-corrected chi connectivity index (χ1v) is 8.98. The Morgan fingerprint density at radius 3 is 2.56 bits per heavy atom. The van der Waals surface area contributed by atoms with Crippen LogP contribution < -0.4 is 19.5 Å². The lowest BCUT2D eigenvalue weighted by Crippen LogP contribution is -2.39. The molecule has 6 nitrogen and oxygen atoms in total. The van der Waals surface area contributed by atoms with Crippen molar-refractivity contribution in [2.75, 3.05) is 27.4 Å². The number of rotatable bonds is 8. The van der Waals surface area contributed by atoms with Gasteiger partial charge in [0.25, 0.3) is 0 Å². The number of hydrogen-bond acceptors (Lipinski definition) is 5. The first-order valence-electron chi connectivity index (χ1n) is 8.98. The van der Waals surface area contributed by atoms with Gasteiger partial charge >= 0.3 is 0 Å². The van der Waals surface area contributed by atoms with Gasteiger partial charge in [0.2, 0.25) is 5.91 Å². The number of amides is 1. The molecule has 2 aromatic carbocycles. The second kappa shape index (κ2) is 8.31. The van der Waals surface area contributed by atoms with E-state index >= 15 is 0 Å². The molecule has 0 heterocycles. The Bertz CT molecular complexity index is 793. The lowest BCUT2D eigenvalue weighted by atomic mass is 9.95. The summed E-state index contributed by atoms with van der Waals surface area (Å²) >= 11 is 0. The summed E-state index contributed by atoms with van der Waals surface area (Å²) in [6.07, 6.45) is 1.49. The molecule has 0 radical (unpaired) electrons. The minimum atomic E-state index is -1.11. The van der Waals surface area contributed by atoms with Crippen LogP contribution in [0.1, 0.15) is 24.0 Å². The van der Waals surface area contributed by atoms with E-state index in [1.54, 1.807) is 20.3 Å². The van der Waals surface area contributed by atoms with Gasteiger partial charge in [-0.3, -0.25) is 4.79 Å². The van der Waals surface area contributed by atoms with Crippen LogP contribution in [0.3, 0.4) is 0 Å². The highest BCUT2D eigenvalue weighted by atomic mass is 16.5. The van der Waals surface area contributed by atoms with Gasteiger partial charge in [0.05, 0.1) is 33.8 Å². The molecule has 0 fully saturated rings. The van der Waals surface area contributed by atoms with Crippen LogP contribution in [0.2, 0.25) is 0 Å². The molecular formula is C21H25NO5. The van der Waals surface area contributed by atoms with E-state index < -0.39 is 5.60 Å². The zero-order valence-corrected chi connectivity index (χ0v) is 15.7. The molecule has 0 aromatic heterocycles. The number of para-hydroxylation sites is 1. The van der Waals surface area contributed by atoms with Crippen molar-refractivity contribution in [3.05, 3.63) is 53.6 Å². The second-order valence-corrected chi connectivity index (χ2v) is 6.58. The highest BCUT2D eigenvalue weighted by molar-refractivity contribution is 5.76. The number of methoxy groups -OCH3 is 2. The molecule has 1 atom stereocenters. The lowest BCUT2D eigenvalue weighted by molar-refractivity contribution is -0.122. The van der Waals surface area contributed by atoms with Gasteiger partial charge in [0.1, 0.15) is 11.4 Å². The normalized spacial score (nSPS) is 17.9. The average molecular weight is 371 g/mol. The highest BCUT2D eigenvalue weighted by Gasteiger charge is 2.38. The third-order valence-corrected chi connectivity index (χ3v) is 4.84. The fourth-order valence-electron chi connectivity index (χ4n) is 3.33. The maximum absolute atomic E-state index is 12.1. The van der Waals surface area contributed by atoms with Crippen LogP contribution in [0, 0.1) is 0 Å². The summed E-state index contributed by atoms with van der Waals surface area (Å²) in [7, 11) is 3.15. The standard InChI is InChI=1S/C21H25NO5/c1-25-18-12-15-8-10-21(24,17(15)13-19(18)26-2)14-22-20(23)9-11-27-16-6-4-3-5-7-16/h3-7,12-13,24H,8-11,14H2,1-2H3,(H,22,23). The van der Waals surface area contributed by atoms with Crippen LogP contribution in [0.5, 0.6) is 17.2 Å². The molecule has 2 N–H and O–H groups in total. The molecular weight excluding hydrogens is 346 g/mol. The van der Waals surface area contributed by atoms with Crippen molar-refractivity contribution in [3.63, 3.8) is 0 Å². The minimum Gasteiger partial charge on any atom is -0.493 e. The van der Waals surface area contributed by atoms with E-state index in [-0.39, 0.29) is 25.5 Å². The van der Waals surface area contributed by atoms with Gasteiger partial charge < -0.3 is 24.6 Å². The first-order chi connectivity index (χ1) is 13.1. The summed E-state index contributed by atoms with van der Waals surface area (Å²) in [5.74, 6) is 1.78. The Kier molecular flexibility index (Phi) is 5.86. The molecule has 144 valence electrons. The zero-order valence-electron chi connectivity index (χ0n) is 15.7. The van der Waals surface area contributed by atoms with Crippen LogP contribution in [0.25, 0.3) is 0 Å². The number of carbonyl (C=O) groups excluding carboxylic acids is 1. The largest absolute Gasteiger partial charge is 0.493 e. The fraction of sp³-hybridized carbons (Fsp3) is 0.381. The second-order valence-electron chi connectivity index (χ2n) is 6.58. The Labute approximate surface area is 159 Å². The Hall–Kier alpha value is -2.73. The number of fused-ring (bicyclic) bond motifs is 1. The molecule has 3 rings (SSSR count). The molecule has 1 unspecified atom stereocenters. The summed E-state index contributed by atoms with van der Waals surface area (Å²) in [6.45, 7) is 0.440. The summed E-state index contributed by atoms with van der Waals surface area (Å²) in [5, 5.41) is 13.9. The Balaban J connectivity index is 1.56. The molecule has 0 bridgehead atoms. The van der Waals surface area contributed by atoms with Gasteiger partial charge in [0.15, 0.2) is 11.5 Å². The van der Waals surface area contributed by atoms with Crippen LogP contribution in [0.4, 0.5) is 0 Å². The van der Waals surface area contributed by atoms with E-state index in [1.165, 1.54) is 0 Å². The summed E-state index contributed by atoms with van der Waals surface area (Å²) in [4.78, 5) is 12.1. The van der Waals surface area contributed by atoms with Crippen molar-refractivity contribution in [1.29, 1.82) is 0 Å². The summed E-state index contributed by atoms with van der Waals surface area (Å²) in [5.41, 5.74) is 0.683. The molecule has 0 saturated heterocycles. The van der Waals surface area contributed by atoms with E-state index in [4.69, 9.17) is 14.2 Å². The van der Waals surface area contributed by atoms with Crippen molar-refractivity contribution >= 4 is 5.91 Å². The predicted octanol–water partition coefficient (Wildman–Crippen LogP) is 2.42. The van der Waals surface area contributed by atoms with Crippen molar-refractivity contribution < 1.29 is 24.1 Å². The monoisotopic (exact) mass is 371 g/mol. The van der Waals surface area contributed by atoms with E-state index in [9.17, 15) is 9.90 Å². The van der Waals surface area contributed by atoms with Gasteiger partial charge in [-0.2, -0.15) is 0 Å². The number of ether oxygens (including phenoxy) is 3. The van der Waals surface area contributed by atoms with Gasteiger partial charge in [-0.05, 0) is 48.2 Å². The van der Waals surface area contributed by atoms with Crippen LogP contribution >= 0.6 is 0 Å². The maximum Gasteiger partial charge on any atom is 0.223 e. The van der Waals surface area contributed by atoms with E-state index in [2.05, 4.69) is 5.32 Å². The van der Waals surface area contributed by atoms with E-state index in [0.717, 1.165) is 23.3 Å². The molecule has 0 spiro atoms. The van der Waals surface area contributed by atoms with Gasteiger partial charge in [0, 0.05) is 0 Å². The van der Waals surface area contributed by atoms with Crippen molar-refractivity contribution in [2.24, 2.45) is 0 Å². The lowest BCUT2D eigenvalue weighted by Gasteiger charge is -2.25. The third kappa shape index (κ3) is 4.34. The van der Waals surface area contributed by atoms with Crippen molar-refractivity contribution in [2.45, 2.75) is 24.9 Å². The molecule has 0 aliphatic heterocycles. The van der Waals surface area contributed by atoms with E-state index in [0.29, 0.717) is 17.9 Å². The number of carbonyl (C=O) groups is 1. The molecule has 1 aliphatic rings. The average Bonchev–Trinajstić information content (AvgIpc) is 3.02. The minimum absolute atomic E-state index is 0.152. The van der Waals surface area contributed by atoms with Gasteiger partial charge in [-0.25, -0.2) is 0 Å². The quantitative estimate of drug-likeness (QED) is 0.745. The number of aryl methyl sites for hydroxylation is 1. The number of benzene rings is 2. The van der Waals surface area contributed by atoms with Crippen molar-refractivity contribution in [1.82, 2.24) is 5.32 Å². The fourth-order valence-corrected chi connectivity index (χ4v) is 3.33. The van der Waals surface area contributed by atoms with Crippen LogP contribution in [0.15, 0.2) is 42.5 Å². The molecule has 1 aliphatic carbocycles. The molecule has 6 heteroatoms. The smallest absolute Gasteiger partial charge is 0.223 e. The Morgan fingerprint density at radius 1 is 1.15 bits per heavy atom. The molecule has 1 amide bonds. The van der Waals surface area contributed by atoms with Crippen LogP contribution in [-0.4, -0.2) is 38.4 Å². The number of hydrogen-bond donors (Lipinski definition) is 2. The van der Waals surface area contributed by atoms with Gasteiger partial charge in [-0.15, -0.1) is 0 Å². The molecule has 27 heavy (non-hydrogen) atoms. The molecule has 2 aromatic rings. The summed E-state index contributed by atoms with van der Waals surface area (Å²) in [6, 6.07) is 13.0. The highest BCUT2D eigenvalue weighted by Crippen LogP contribution is 2.42. The number of aliphatic hydroxyl groups is 1. The molecule has 0 saturated carbocycles. The van der Waals surface area contributed by atoms with Gasteiger partial charge in [-0.1, -0.05) is 18.2 Å². The zero-order chi connectivity index (χ0) is 19.3. The summed E-state index contributed by atoms with van der Waals surface area (Å²) < 4.78 is 16.2. The number of nitrogens with one attached hydrogen (secondary N) is 1. The first kappa shape index (κ1) is 19.0. The topological polar surface area (TPSA) is 77.0 Å². The van der Waals surface area contributed by atoms with Crippen molar-refractivity contribution in [3.8, 4) is 17.2 Å². The Morgan fingerprint density at radius 2 is 1.85 bits per heavy atom.